The molecular formula is C30H34N6. The van der Waals surface area contributed by atoms with Gasteiger partial charge in [0.2, 0.25) is 0 Å². The van der Waals surface area contributed by atoms with Crippen molar-refractivity contribution < 1.29 is 0 Å². The van der Waals surface area contributed by atoms with Crippen molar-refractivity contribution in [3.8, 4) is 5.69 Å². The standard InChI is InChI=1S/C28H28N6.C2H6/c1-21-7-6-16-31-34(18-14-21)24-11-9-23(10-12-24)28-32-27(26-8-4-3-5-15-30-26)20-33(28)25-13-17-29-22(2)19-25;1-2/h3,5-7,9-11,13-20,24,26H,1,4,8,12H2,2H3;1-2H3/b7-6-,18-14-,31-16-;. The van der Waals surface area contributed by atoms with Crippen molar-refractivity contribution in [3.05, 3.63) is 109 Å². The van der Waals surface area contributed by atoms with Gasteiger partial charge in [-0.2, -0.15) is 5.10 Å². The molecule has 184 valence electrons. The van der Waals surface area contributed by atoms with Crippen LogP contribution in [-0.2, 0) is 0 Å². The lowest BCUT2D eigenvalue weighted by Crippen LogP contribution is -2.25. The van der Waals surface area contributed by atoms with E-state index in [-0.39, 0.29) is 12.1 Å². The van der Waals surface area contributed by atoms with E-state index < -0.39 is 0 Å². The van der Waals surface area contributed by atoms with Gasteiger partial charge >= 0.3 is 0 Å². The lowest BCUT2D eigenvalue weighted by Gasteiger charge is -2.25. The van der Waals surface area contributed by atoms with Crippen molar-refractivity contribution in [2.45, 2.75) is 52.1 Å². The summed E-state index contributed by atoms with van der Waals surface area (Å²) < 4.78 is 2.16. The first-order valence-corrected chi connectivity index (χ1v) is 12.6. The van der Waals surface area contributed by atoms with E-state index in [4.69, 9.17) is 9.98 Å². The van der Waals surface area contributed by atoms with Gasteiger partial charge in [0.25, 0.3) is 0 Å². The van der Waals surface area contributed by atoms with E-state index in [2.05, 4.69) is 57.8 Å². The van der Waals surface area contributed by atoms with Crippen molar-refractivity contribution in [2.24, 2.45) is 10.1 Å². The molecule has 36 heavy (non-hydrogen) atoms. The van der Waals surface area contributed by atoms with Crippen LogP contribution in [0.3, 0.4) is 0 Å². The van der Waals surface area contributed by atoms with Crippen LogP contribution in [0, 0.1) is 6.92 Å². The molecule has 0 radical (unpaired) electrons. The normalized spacial score (nSPS) is 23.6. The summed E-state index contributed by atoms with van der Waals surface area (Å²) in [6.07, 6.45) is 29.0. The van der Waals surface area contributed by atoms with Gasteiger partial charge in [-0.05, 0) is 62.1 Å². The quantitative estimate of drug-likeness (QED) is 0.491. The van der Waals surface area contributed by atoms with Crippen LogP contribution in [0.4, 0.5) is 0 Å². The maximum absolute atomic E-state index is 5.08. The van der Waals surface area contributed by atoms with E-state index in [1.807, 2.05) is 74.8 Å². The molecule has 4 heterocycles. The van der Waals surface area contributed by atoms with E-state index in [1.54, 1.807) is 6.21 Å². The van der Waals surface area contributed by atoms with Gasteiger partial charge < -0.3 is 0 Å². The van der Waals surface area contributed by atoms with Gasteiger partial charge in [0.1, 0.15) is 5.82 Å². The zero-order valence-electron chi connectivity index (χ0n) is 21.3. The first-order valence-electron chi connectivity index (χ1n) is 12.6. The highest BCUT2D eigenvalue weighted by Gasteiger charge is 2.22. The summed E-state index contributed by atoms with van der Waals surface area (Å²) in [7, 11) is 0. The lowest BCUT2D eigenvalue weighted by molar-refractivity contribution is 0.338. The fourth-order valence-electron chi connectivity index (χ4n) is 4.22. The van der Waals surface area contributed by atoms with Crippen molar-refractivity contribution in [1.29, 1.82) is 0 Å². The zero-order valence-corrected chi connectivity index (χ0v) is 21.3. The highest BCUT2D eigenvalue weighted by atomic mass is 15.5. The number of hydrogen-bond donors (Lipinski definition) is 0. The third-order valence-corrected chi connectivity index (χ3v) is 6.03. The number of hydrogen-bond acceptors (Lipinski definition) is 5. The number of hydrazone groups is 1. The van der Waals surface area contributed by atoms with Gasteiger partial charge in [0.15, 0.2) is 0 Å². The number of pyridine rings is 1. The number of aryl methyl sites for hydroxylation is 1. The molecule has 0 spiro atoms. The fourth-order valence-corrected chi connectivity index (χ4v) is 4.22. The molecule has 6 heteroatoms. The van der Waals surface area contributed by atoms with Crippen LogP contribution in [0.2, 0.25) is 0 Å². The van der Waals surface area contributed by atoms with E-state index in [0.717, 1.165) is 53.3 Å². The number of rotatable bonds is 4. The Morgan fingerprint density at radius 2 is 1.97 bits per heavy atom. The molecule has 0 N–H and O–H groups in total. The number of imidazole rings is 1. The molecule has 3 aliphatic rings. The first kappa shape index (κ1) is 25.0. The molecule has 2 atom stereocenters. The third kappa shape index (κ3) is 5.95. The predicted molar refractivity (Wildman–Crippen MR) is 150 cm³/mol. The molecule has 2 aliphatic heterocycles. The van der Waals surface area contributed by atoms with Crippen LogP contribution >= 0.6 is 0 Å². The number of aromatic nitrogens is 3. The van der Waals surface area contributed by atoms with Crippen LogP contribution < -0.4 is 0 Å². The zero-order chi connectivity index (χ0) is 25.3. The number of aliphatic imine (C=N–C) groups is 1. The fraction of sp³-hybridized carbons (Fsp3) is 0.267. The maximum Gasteiger partial charge on any atom is 0.144 e. The minimum Gasteiger partial charge on any atom is -0.299 e. The Morgan fingerprint density at radius 3 is 2.78 bits per heavy atom. The summed E-state index contributed by atoms with van der Waals surface area (Å²) >= 11 is 0. The van der Waals surface area contributed by atoms with Gasteiger partial charge in [-0.1, -0.05) is 50.8 Å². The Labute approximate surface area is 214 Å². The van der Waals surface area contributed by atoms with Gasteiger partial charge in [-0.3, -0.25) is 19.6 Å². The van der Waals surface area contributed by atoms with Gasteiger partial charge in [-0.25, -0.2) is 4.98 Å². The van der Waals surface area contributed by atoms with E-state index in [1.165, 1.54) is 0 Å². The Balaban J connectivity index is 0.00000148. The molecule has 2 aromatic rings. The average Bonchev–Trinajstić information content (AvgIpc) is 3.16. The highest BCUT2D eigenvalue weighted by Crippen LogP contribution is 2.30. The molecule has 0 fully saturated rings. The summed E-state index contributed by atoms with van der Waals surface area (Å²) in [5.41, 5.74) is 5.06. The van der Waals surface area contributed by atoms with Crippen LogP contribution in [0.25, 0.3) is 11.3 Å². The van der Waals surface area contributed by atoms with E-state index >= 15 is 0 Å². The molecule has 2 aromatic heterocycles. The van der Waals surface area contributed by atoms with Crippen LogP contribution in [0.1, 0.15) is 56.4 Å². The van der Waals surface area contributed by atoms with Crippen LogP contribution in [0.5, 0.6) is 0 Å². The predicted octanol–water partition coefficient (Wildman–Crippen LogP) is 6.70. The van der Waals surface area contributed by atoms with Crippen molar-refractivity contribution in [1.82, 2.24) is 19.5 Å². The van der Waals surface area contributed by atoms with E-state index in [0.29, 0.717) is 0 Å². The second-order valence-electron chi connectivity index (χ2n) is 8.55. The monoisotopic (exact) mass is 478 g/mol. The van der Waals surface area contributed by atoms with Gasteiger partial charge in [0.05, 0.1) is 23.5 Å². The summed E-state index contributed by atoms with van der Waals surface area (Å²) in [4.78, 5) is 14.2. The molecule has 0 amide bonds. The summed E-state index contributed by atoms with van der Waals surface area (Å²) in [6.45, 7) is 10.0. The number of allylic oxidation sites excluding steroid dienone is 8. The van der Waals surface area contributed by atoms with Crippen molar-refractivity contribution in [2.75, 3.05) is 0 Å². The molecule has 1 aliphatic carbocycles. The molecule has 0 bridgehead atoms. The summed E-state index contributed by atoms with van der Waals surface area (Å²) in [5, 5.41) is 6.52. The Bertz CT molecular complexity index is 1280. The summed E-state index contributed by atoms with van der Waals surface area (Å²) in [6, 6.07) is 4.30. The molecular weight excluding hydrogens is 444 g/mol. The first-order chi connectivity index (χ1) is 17.7. The molecule has 5 rings (SSSR count). The smallest absolute Gasteiger partial charge is 0.144 e. The average molecular weight is 479 g/mol. The second-order valence-corrected chi connectivity index (χ2v) is 8.55. The summed E-state index contributed by atoms with van der Waals surface area (Å²) in [5.74, 6) is 0.922. The molecule has 0 saturated heterocycles. The lowest BCUT2D eigenvalue weighted by atomic mass is 10.0. The van der Waals surface area contributed by atoms with Gasteiger partial charge in [0, 0.05) is 42.3 Å². The molecule has 2 unspecified atom stereocenters. The minimum atomic E-state index is 0.0560. The number of nitrogens with zero attached hydrogens (tertiary/aromatic N) is 6. The second kappa shape index (κ2) is 12.1. The Kier molecular flexibility index (Phi) is 8.40. The Hall–Kier alpha value is -4.06. The van der Waals surface area contributed by atoms with Crippen LogP contribution in [0.15, 0.2) is 102 Å². The Morgan fingerprint density at radius 1 is 1.08 bits per heavy atom. The highest BCUT2D eigenvalue weighted by molar-refractivity contribution is 5.74. The third-order valence-electron chi connectivity index (χ3n) is 6.03. The topological polar surface area (TPSA) is 58.7 Å². The maximum atomic E-state index is 5.08. The van der Waals surface area contributed by atoms with Gasteiger partial charge in [-0.15, -0.1) is 0 Å². The van der Waals surface area contributed by atoms with Crippen molar-refractivity contribution >= 4 is 18.0 Å². The SMILES string of the molecule is C=C1/C=C\C=N/N(C2C=CC(c3nc(C4CCC=CC=N4)cn3-c3ccnc(C)c3)=CC2)/C=C\1.CC. The van der Waals surface area contributed by atoms with Crippen LogP contribution in [-0.4, -0.2) is 38.0 Å². The van der Waals surface area contributed by atoms with E-state index in [9.17, 15) is 0 Å². The molecule has 0 saturated carbocycles. The minimum absolute atomic E-state index is 0.0560. The van der Waals surface area contributed by atoms with Crippen molar-refractivity contribution in [3.63, 3.8) is 0 Å². The molecule has 6 nitrogen and oxygen atoms in total. The molecule has 0 aromatic carbocycles. The largest absolute Gasteiger partial charge is 0.299 e.